The van der Waals surface area contributed by atoms with Crippen molar-refractivity contribution in [2.24, 2.45) is 5.41 Å². The highest BCUT2D eigenvalue weighted by Gasteiger charge is 2.16. The van der Waals surface area contributed by atoms with E-state index in [1.807, 2.05) is 27.7 Å². The first-order valence-corrected chi connectivity index (χ1v) is 5.91. The van der Waals surface area contributed by atoms with Crippen LogP contribution in [0.3, 0.4) is 0 Å². The number of aromatic amines is 1. The van der Waals surface area contributed by atoms with Gasteiger partial charge in [0.25, 0.3) is 11.5 Å². The highest BCUT2D eigenvalue weighted by atomic mass is 16.2. The molecular weight excluding hydrogens is 218 g/mol. The summed E-state index contributed by atoms with van der Waals surface area (Å²) in [5, 5.41) is 5.39. The first-order valence-electron chi connectivity index (χ1n) is 5.91. The number of amides is 1. The van der Waals surface area contributed by atoms with Gasteiger partial charge in [-0.1, -0.05) is 27.7 Å². The first-order chi connectivity index (χ1) is 7.83. The molecule has 96 valence electrons. The molecular formula is C12H21N3O2. The van der Waals surface area contributed by atoms with Crippen molar-refractivity contribution in [3.05, 3.63) is 22.1 Å². The fourth-order valence-electron chi connectivity index (χ4n) is 1.40. The molecule has 17 heavy (non-hydrogen) atoms. The summed E-state index contributed by atoms with van der Waals surface area (Å²) in [5.41, 5.74) is -0.137. The highest BCUT2D eigenvalue weighted by Crippen LogP contribution is 2.10. The molecule has 0 bridgehead atoms. The second-order valence-corrected chi connectivity index (χ2v) is 5.42. The van der Waals surface area contributed by atoms with Crippen molar-refractivity contribution in [1.82, 2.24) is 15.1 Å². The van der Waals surface area contributed by atoms with Crippen LogP contribution in [0.4, 0.5) is 0 Å². The maximum Gasteiger partial charge on any atom is 0.276 e. The summed E-state index contributed by atoms with van der Waals surface area (Å²) in [5.74, 6) is -0.309. The average molecular weight is 239 g/mol. The molecule has 0 unspecified atom stereocenters. The molecule has 0 spiro atoms. The van der Waals surface area contributed by atoms with Crippen LogP contribution in [-0.4, -0.2) is 22.2 Å². The minimum absolute atomic E-state index is 0.00834. The number of rotatable bonds is 4. The van der Waals surface area contributed by atoms with Gasteiger partial charge in [0, 0.05) is 19.3 Å². The Morgan fingerprint density at radius 3 is 2.65 bits per heavy atom. The van der Waals surface area contributed by atoms with E-state index in [9.17, 15) is 9.59 Å². The molecule has 5 heteroatoms. The van der Waals surface area contributed by atoms with Crippen LogP contribution in [0.2, 0.25) is 0 Å². The van der Waals surface area contributed by atoms with Gasteiger partial charge < -0.3 is 5.32 Å². The monoisotopic (exact) mass is 239 g/mol. The van der Waals surface area contributed by atoms with E-state index in [0.29, 0.717) is 13.1 Å². The quantitative estimate of drug-likeness (QED) is 0.833. The van der Waals surface area contributed by atoms with Gasteiger partial charge in [0.2, 0.25) is 0 Å². The summed E-state index contributed by atoms with van der Waals surface area (Å²) in [4.78, 5) is 23.3. The number of aryl methyl sites for hydroxylation is 1. The Balaban J connectivity index is 2.72. The third kappa shape index (κ3) is 4.09. The molecule has 1 rings (SSSR count). The van der Waals surface area contributed by atoms with E-state index in [4.69, 9.17) is 0 Å². The predicted octanol–water partition coefficient (Wildman–Crippen LogP) is 1.36. The van der Waals surface area contributed by atoms with Crippen LogP contribution in [0.5, 0.6) is 0 Å². The van der Waals surface area contributed by atoms with Gasteiger partial charge in [-0.3, -0.25) is 19.4 Å². The zero-order chi connectivity index (χ0) is 13.1. The Kier molecular flexibility index (Phi) is 4.15. The van der Waals surface area contributed by atoms with E-state index in [0.717, 1.165) is 6.42 Å². The minimum atomic E-state index is -0.329. The van der Waals surface area contributed by atoms with Crippen molar-refractivity contribution < 1.29 is 4.79 Å². The van der Waals surface area contributed by atoms with Gasteiger partial charge in [0.1, 0.15) is 5.56 Å². The lowest BCUT2D eigenvalue weighted by Gasteiger charge is -2.18. The fraction of sp³-hybridized carbons (Fsp3) is 0.667. The van der Waals surface area contributed by atoms with E-state index in [2.05, 4.69) is 10.4 Å². The lowest BCUT2D eigenvalue weighted by molar-refractivity contribution is 0.0938. The van der Waals surface area contributed by atoms with Gasteiger partial charge in [0.05, 0.1) is 0 Å². The van der Waals surface area contributed by atoms with E-state index < -0.39 is 0 Å². The number of nitrogens with zero attached hydrogens (tertiary/aromatic N) is 1. The van der Waals surface area contributed by atoms with E-state index in [1.165, 1.54) is 0 Å². The van der Waals surface area contributed by atoms with Gasteiger partial charge in [0.15, 0.2) is 0 Å². The van der Waals surface area contributed by atoms with Gasteiger partial charge in [-0.05, 0) is 11.8 Å². The summed E-state index contributed by atoms with van der Waals surface area (Å²) in [7, 11) is 0. The second kappa shape index (κ2) is 5.21. The third-order valence-corrected chi connectivity index (χ3v) is 2.26. The number of nitrogens with one attached hydrogen (secondary N) is 2. The second-order valence-electron chi connectivity index (χ2n) is 5.42. The van der Waals surface area contributed by atoms with E-state index in [1.54, 1.807) is 10.9 Å². The molecule has 1 heterocycles. The zero-order valence-electron chi connectivity index (χ0n) is 11.0. The molecule has 0 fully saturated rings. The van der Waals surface area contributed by atoms with E-state index in [-0.39, 0.29) is 22.4 Å². The highest BCUT2D eigenvalue weighted by molar-refractivity contribution is 5.93. The number of aromatic nitrogens is 2. The maximum atomic E-state index is 11.8. The van der Waals surface area contributed by atoms with Crippen molar-refractivity contribution in [2.75, 3.05) is 6.54 Å². The van der Waals surface area contributed by atoms with Crippen molar-refractivity contribution in [1.29, 1.82) is 0 Å². The number of carbonyl (C=O) groups excluding carboxylic acids is 1. The van der Waals surface area contributed by atoms with Crippen LogP contribution in [0.15, 0.2) is 11.0 Å². The third-order valence-electron chi connectivity index (χ3n) is 2.26. The van der Waals surface area contributed by atoms with E-state index >= 15 is 0 Å². The predicted molar refractivity (Wildman–Crippen MR) is 67.1 cm³/mol. The number of hydrogen-bond acceptors (Lipinski definition) is 2. The molecule has 0 atom stereocenters. The topological polar surface area (TPSA) is 66.9 Å². The molecule has 5 nitrogen and oxygen atoms in total. The summed E-state index contributed by atoms with van der Waals surface area (Å²) in [6.07, 6.45) is 2.48. The van der Waals surface area contributed by atoms with Crippen LogP contribution in [0, 0.1) is 5.41 Å². The van der Waals surface area contributed by atoms with Crippen LogP contribution >= 0.6 is 0 Å². The largest absolute Gasteiger partial charge is 0.351 e. The van der Waals surface area contributed by atoms with Gasteiger partial charge >= 0.3 is 0 Å². The summed E-state index contributed by atoms with van der Waals surface area (Å²) < 4.78 is 1.65. The molecule has 2 N–H and O–H groups in total. The number of carbonyl (C=O) groups is 1. The van der Waals surface area contributed by atoms with Crippen molar-refractivity contribution in [2.45, 2.75) is 40.7 Å². The van der Waals surface area contributed by atoms with Crippen LogP contribution in [-0.2, 0) is 6.54 Å². The van der Waals surface area contributed by atoms with Crippen molar-refractivity contribution >= 4 is 5.91 Å². The average Bonchev–Trinajstić information content (AvgIpc) is 2.55. The molecule has 0 aromatic carbocycles. The smallest absolute Gasteiger partial charge is 0.276 e. The molecule has 0 radical (unpaired) electrons. The number of H-pyrrole nitrogens is 1. The zero-order valence-corrected chi connectivity index (χ0v) is 11.0. The molecule has 1 aromatic heterocycles. The van der Waals surface area contributed by atoms with Gasteiger partial charge in [-0.15, -0.1) is 0 Å². The van der Waals surface area contributed by atoms with Crippen molar-refractivity contribution in [3.63, 3.8) is 0 Å². The van der Waals surface area contributed by atoms with Crippen LogP contribution in [0.1, 0.15) is 44.5 Å². The Labute approximate surface area is 101 Å². The molecule has 1 amide bonds. The summed E-state index contributed by atoms with van der Waals surface area (Å²) in [6, 6.07) is 0. The standard InChI is InChI=1S/C12H21N3O2/c1-5-6-15-7-9(11(17)14-15)10(16)13-8-12(2,3)4/h7H,5-6,8H2,1-4H3,(H,13,16)(H,14,17). The van der Waals surface area contributed by atoms with Gasteiger partial charge in [-0.25, -0.2) is 0 Å². The Morgan fingerprint density at radius 1 is 1.47 bits per heavy atom. The lowest BCUT2D eigenvalue weighted by Crippen LogP contribution is -2.34. The summed E-state index contributed by atoms with van der Waals surface area (Å²) >= 11 is 0. The Bertz CT molecular complexity index is 437. The maximum absolute atomic E-state index is 11.8. The fourth-order valence-corrected chi connectivity index (χ4v) is 1.40. The van der Waals surface area contributed by atoms with Crippen LogP contribution < -0.4 is 10.9 Å². The molecule has 1 aromatic rings. The molecule has 0 aliphatic heterocycles. The minimum Gasteiger partial charge on any atom is -0.351 e. The first kappa shape index (κ1) is 13.5. The number of hydrogen-bond donors (Lipinski definition) is 2. The molecule has 0 aliphatic rings. The van der Waals surface area contributed by atoms with Crippen LogP contribution in [0.25, 0.3) is 0 Å². The van der Waals surface area contributed by atoms with Crippen molar-refractivity contribution in [3.8, 4) is 0 Å². The summed E-state index contributed by atoms with van der Waals surface area (Å²) in [6.45, 7) is 9.35. The Morgan fingerprint density at radius 2 is 2.12 bits per heavy atom. The molecule has 0 saturated carbocycles. The molecule has 0 aliphatic carbocycles. The Hall–Kier alpha value is -1.52. The lowest BCUT2D eigenvalue weighted by atomic mass is 9.97. The normalized spacial score (nSPS) is 11.5. The molecule has 0 saturated heterocycles. The SMILES string of the molecule is CCCn1cc(C(=O)NCC(C)(C)C)c(=O)[nH]1. The van der Waals surface area contributed by atoms with Gasteiger partial charge in [-0.2, -0.15) is 0 Å².